The van der Waals surface area contributed by atoms with Crippen LogP contribution in [0.5, 0.6) is 0 Å². The van der Waals surface area contributed by atoms with Crippen LogP contribution in [0, 0.1) is 15.9 Å². The molecule has 0 unspecified atom stereocenters. The number of carboxylic acid groups (broad SMARTS) is 1. The fourth-order valence-corrected chi connectivity index (χ4v) is 1.59. The lowest BCUT2D eigenvalue weighted by Gasteiger charge is -2.04. The van der Waals surface area contributed by atoms with Crippen molar-refractivity contribution in [1.82, 2.24) is 9.78 Å². The van der Waals surface area contributed by atoms with Crippen LogP contribution in [0.15, 0.2) is 24.4 Å². The van der Waals surface area contributed by atoms with E-state index in [0.29, 0.717) is 0 Å². The summed E-state index contributed by atoms with van der Waals surface area (Å²) in [5, 5.41) is 22.8. The summed E-state index contributed by atoms with van der Waals surface area (Å²) in [6, 6.07) is 2.80. The highest BCUT2D eigenvalue weighted by atomic mass is 35.5. The van der Waals surface area contributed by atoms with E-state index in [1.54, 1.807) is 0 Å². The molecule has 0 spiro atoms. The number of nitrogens with zero attached hydrogens (tertiary/aromatic N) is 3. The molecule has 2 aromatic rings. The van der Waals surface area contributed by atoms with Crippen molar-refractivity contribution >= 4 is 23.3 Å². The van der Waals surface area contributed by atoms with E-state index < -0.39 is 27.4 Å². The van der Waals surface area contributed by atoms with Crippen LogP contribution in [0.2, 0.25) is 5.02 Å². The average Bonchev–Trinajstić information content (AvgIpc) is 2.81. The molecular weight excluding hydrogens is 281 g/mol. The SMILES string of the molecule is O=C(O)c1ccn(-c2cc(F)c(Cl)cc2[N+](=O)[O-])n1. The second kappa shape index (κ2) is 4.65. The highest BCUT2D eigenvalue weighted by Crippen LogP contribution is 2.28. The monoisotopic (exact) mass is 285 g/mol. The summed E-state index contributed by atoms with van der Waals surface area (Å²) in [5.74, 6) is -2.16. The Hall–Kier alpha value is -2.48. The molecule has 9 heteroatoms. The van der Waals surface area contributed by atoms with E-state index in [-0.39, 0.29) is 11.4 Å². The van der Waals surface area contributed by atoms with E-state index in [9.17, 15) is 19.3 Å². The number of hydrogen-bond donors (Lipinski definition) is 1. The predicted molar refractivity (Wildman–Crippen MR) is 62.1 cm³/mol. The third kappa shape index (κ3) is 2.38. The second-order valence-electron chi connectivity index (χ2n) is 3.46. The third-order valence-corrected chi connectivity index (χ3v) is 2.56. The number of carboxylic acids is 1. The molecule has 0 saturated heterocycles. The van der Waals surface area contributed by atoms with Gasteiger partial charge < -0.3 is 5.11 Å². The minimum atomic E-state index is -1.30. The van der Waals surface area contributed by atoms with Gasteiger partial charge in [0.05, 0.1) is 9.95 Å². The number of rotatable bonds is 3. The van der Waals surface area contributed by atoms with Crippen molar-refractivity contribution < 1.29 is 19.2 Å². The molecule has 1 aromatic carbocycles. The predicted octanol–water partition coefficient (Wildman–Crippen LogP) is 2.27. The highest BCUT2D eigenvalue weighted by molar-refractivity contribution is 6.31. The number of aromatic carboxylic acids is 1. The molecule has 1 N–H and O–H groups in total. The van der Waals surface area contributed by atoms with Crippen LogP contribution in [0.25, 0.3) is 5.69 Å². The van der Waals surface area contributed by atoms with Crippen molar-refractivity contribution in [2.75, 3.05) is 0 Å². The zero-order valence-electron chi connectivity index (χ0n) is 9.08. The number of benzene rings is 1. The molecule has 98 valence electrons. The summed E-state index contributed by atoms with van der Waals surface area (Å²) in [6.07, 6.45) is 1.18. The van der Waals surface area contributed by atoms with E-state index in [4.69, 9.17) is 16.7 Å². The fraction of sp³-hybridized carbons (Fsp3) is 0. The molecule has 0 fully saturated rings. The lowest BCUT2D eigenvalue weighted by molar-refractivity contribution is -0.384. The number of aromatic nitrogens is 2. The Morgan fingerprint density at radius 1 is 1.53 bits per heavy atom. The average molecular weight is 286 g/mol. The van der Waals surface area contributed by atoms with Crippen LogP contribution >= 0.6 is 11.6 Å². The van der Waals surface area contributed by atoms with Gasteiger partial charge in [0.25, 0.3) is 5.69 Å². The minimum absolute atomic E-state index is 0.209. The molecule has 7 nitrogen and oxygen atoms in total. The maximum absolute atomic E-state index is 13.4. The molecule has 1 aromatic heterocycles. The van der Waals surface area contributed by atoms with Crippen molar-refractivity contribution in [2.45, 2.75) is 0 Å². The lowest BCUT2D eigenvalue weighted by atomic mass is 10.2. The van der Waals surface area contributed by atoms with Crippen LogP contribution in [0.3, 0.4) is 0 Å². The summed E-state index contributed by atoms with van der Waals surface area (Å²) in [7, 11) is 0. The Morgan fingerprint density at radius 3 is 2.74 bits per heavy atom. The number of hydrogen-bond acceptors (Lipinski definition) is 4. The first-order valence-electron chi connectivity index (χ1n) is 4.83. The molecule has 0 aliphatic carbocycles. The quantitative estimate of drug-likeness (QED) is 0.689. The first-order chi connectivity index (χ1) is 8.90. The molecule has 2 rings (SSSR count). The van der Waals surface area contributed by atoms with Gasteiger partial charge in [-0.3, -0.25) is 10.1 Å². The zero-order chi connectivity index (χ0) is 14.2. The van der Waals surface area contributed by atoms with Crippen LogP contribution in [0.4, 0.5) is 10.1 Å². The summed E-state index contributed by atoms with van der Waals surface area (Å²) in [6.45, 7) is 0. The largest absolute Gasteiger partial charge is 0.476 e. The smallest absolute Gasteiger partial charge is 0.356 e. The molecule has 1 heterocycles. The molecule has 0 amide bonds. The van der Waals surface area contributed by atoms with E-state index in [2.05, 4.69) is 5.10 Å². The maximum atomic E-state index is 13.4. The van der Waals surface area contributed by atoms with Crippen LogP contribution < -0.4 is 0 Å². The first kappa shape index (κ1) is 13.0. The Bertz CT molecular complexity index is 685. The van der Waals surface area contributed by atoms with Gasteiger partial charge in [-0.25, -0.2) is 13.9 Å². The van der Waals surface area contributed by atoms with Crippen LogP contribution in [-0.4, -0.2) is 25.8 Å². The Kier molecular flexibility index (Phi) is 3.17. The van der Waals surface area contributed by atoms with Gasteiger partial charge >= 0.3 is 5.97 Å². The van der Waals surface area contributed by atoms with Crippen molar-refractivity contribution in [1.29, 1.82) is 0 Å². The van der Waals surface area contributed by atoms with Crippen molar-refractivity contribution in [3.05, 3.63) is 51.0 Å². The molecule has 0 aliphatic rings. The van der Waals surface area contributed by atoms with Gasteiger partial charge in [-0.1, -0.05) is 11.6 Å². The summed E-state index contributed by atoms with van der Waals surface area (Å²) in [5.41, 5.74) is -1.00. The fourth-order valence-electron chi connectivity index (χ4n) is 1.43. The Morgan fingerprint density at radius 2 is 2.21 bits per heavy atom. The van der Waals surface area contributed by atoms with Crippen LogP contribution in [0.1, 0.15) is 10.5 Å². The standard InChI is InChI=1S/C10H5ClFN3O4/c11-5-3-9(15(18)19)8(4-6(5)12)14-2-1-7(13-14)10(16)17/h1-4H,(H,16,17). The molecule has 0 bridgehead atoms. The van der Waals surface area contributed by atoms with Crippen molar-refractivity contribution in [3.63, 3.8) is 0 Å². The summed E-state index contributed by atoms with van der Waals surface area (Å²) in [4.78, 5) is 20.8. The van der Waals surface area contributed by atoms with Gasteiger partial charge in [0.2, 0.25) is 0 Å². The molecule has 0 radical (unpaired) electrons. The Balaban J connectivity index is 2.62. The number of nitro groups is 1. The molecule has 19 heavy (non-hydrogen) atoms. The maximum Gasteiger partial charge on any atom is 0.356 e. The molecular formula is C10H5ClFN3O4. The summed E-state index contributed by atoms with van der Waals surface area (Å²) < 4.78 is 14.3. The van der Waals surface area contributed by atoms with E-state index >= 15 is 0 Å². The number of halogens is 2. The van der Waals surface area contributed by atoms with Crippen molar-refractivity contribution in [2.24, 2.45) is 0 Å². The van der Waals surface area contributed by atoms with Gasteiger partial charge in [0.1, 0.15) is 11.5 Å². The molecule has 0 saturated carbocycles. The van der Waals surface area contributed by atoms with Crippen molar-refractivity contribution in [3.8, 4) is 5.69 Å². The molecule has 0 aliphatic heterocycles. The normalized spacial score (nSPS) is 10.4. The number of nitro benzene ring substituents is 1. The zero-order valence-corrected chi connectivity index (χ0v) is 9.83. The lowest BCUT2D eigenvalue weighted by Crippen LogP contribution is -2.04. The van der Waals surface area contributed by atoms with Gasteiger partial charge in [0.15, 0.2) is 5.69 Å². The number of carbonyl (C=O) groups is 1. The highest BCUT2D eigenvalue weighted by Gasteiger charge is 2.20. The summed E-state index contributed by atoms with van der Waals surface area (Å²) >= 11 is 5.47. The first-order valence-corrected chi connectivity index (χ1v) is 5.20. The van der Waals surface area contributed by atoms with E-state index in [1.807, 2.05) is 0 Å². The topological polar surface area (TPSA) is 98.3 Å². The minimum Gasteiger partial charge on any atom is -0.476 e. The van der Waals surface area contributed by atoms with E-state index in [0.717, 1.165) is 22.9 Å². The van der Waals surface area contributed by atoms with Gasteiger partial charge in [-0.15, -0.1) is 0 Å². The van der Waals surface area contributed by atoms with Gasteiger partial charge in [0, 0.05) is 18.3 Å². The Labute approximate surface area is 110 Å². The van der Waals surface area contributed by atoms with Gasteiger partial charge in [-0.2, -0.15) is 5.10 Å². The van der Waals surface area contributed by atoms with Crippen LogP contribution in [-0.2, 0) is 0 Å². The second-order valence-corrected chi connectivity index (χ2v) is 3.87. The third-order valence-electron chi connectivity index (χ3n) is 2.27. The van der Waals surface area contributed by atoms with Gasteiger partial charge in [-0.05, 0) is 6.07 Å². The van der Waals surface area contributed by atoms with E-state index in [1.165, 1.54) is 6.20 Å². The molecule has 0 atom stereocenters.